The van der Waals surface area contributed by atoms with Crippen molar-refractivity contribution in [3.05, 3.63) is 109 Å². The van der Waals surface area contributed by atoms with E-state index in [1.807, 2.05) is 54.7 Å². The van der Waals surface area contributed by atoms with Crippen LogP contribution < -0.4 is 0 Å². The quantitative estimate of drug-likeness (QED) is 0.146. The topological polar surface area (TPSA) is 30.7 Å². The fraction of sp³-hybridized carbons (Fsp3) is 0.0968. The standard InChI is InChI=1S/C20H15N2.C11H8N.Ir/c1-3-22-16-8-4-6-13-14-7-5-9-21-20(14)15-10-12(2)11-17(22)19(15)18(13)16;1-2-6-10(7-3-1)11-8-4-5-9-12-11;/h4-9,11H,3H2,1-2H3;1-6,8-9H;/q2*-1;. The van der Waals surface area contributed by atoms with Gasteiger partial charge < -0.3 is 14.5 Å². The second-order valence-corrected chi connectivity index (χ2v) is 8.42. The molecule has 0 bridgehead atoms. The van der Waals surface area contributed by atoms with Gasteiger partial charge in [-0.05, 0) is 58.0 Å². The molecule has 1 radical (unpaired) electrons. The summed E-state index contributed by atoms with van der Waals surface area (Å²) in [5.74, 6) is 0. The Morgan fingerprint density at radius 1 is 0.800 bits per heavy atom. The molecule has 4 heteroatoms. The third kappa shape index (κ3) is 3.89. The number of aromatic nitrogens is 3. The van der Waals surface area contributed by atoms with E-state index in [2.05, 4.69) is 70.8 Å². The van der Waals surface area contributed by atoms with Crippen LogP contribution in [0.5, 0.6) is 0 Å². The summed E-state index contributed by atoms with van der Waals surface area (Å²) < 4.78 is 2.41. The Morgan fingerprint density at radius 3 is 2.40 bits per heavy atom. The molecule has 4 aromatic carbocycles. The summed E-state index contributed by atoms with van der Waals surface area (Å²) in [5.41, 5.74) is 6.85. The van der Waals surface area contributed by atoms with Crippen molar-refractivity contribution in [1.82, 2.24) is 14.5 Å². The van der Waals surface area contributed by atoms with Crippen LogP contribution in [-0.2, 0) is 26.7 Å². The number of pyridine rings is 2. The van der Waals surface area contributed by atoms with Crippen LogP contribution in [0.2, 0.25) is 0 Å². The number of aryl methyl sites for hydroxylation is 2. The number of rotatable bonds is 2. The maximum absolute atomic E-state index is 4.67. The van der Waals surface area contributed by atoms with Crippen LogP contribution in [0.3, 0.4) is 0 Å². The second kappa shape index (κ2) is 9.58. The van der Waals surface area contributed by atoms with Crippen LogP contribution in [0.1, 0.15) is 12.5 Å². The molecule has 0 amide bonds. The third-order valence-corrected chi connectivity index (χ3v) is 6.36. The van der Waals surface area contributed by atoms with Gasteiger partial charge in [-0.2, -0.15) is 0 Å². The largest absolute Gasteiger partial charge is 0.359 e. The van der Waals surface area contributed by atoms with Gasteiger partial charge in [-0.15, -0.1) is 59.0 Å². The molecule has 0 fully saturated rings. The van der Waals surface area contributed by atoms with Gasteiger partial charge >= 0.3 is 0 Å². The predicted octanol–water partition coefficient (Wildman–Crippen LogP) is 7.61. The zero-order chi connectivity index (χ0) is 23.1. The van der Waals surface area contributed by atoms with Gasteiger partial charge in [0.15, 0.2) is 0 Å². The molecular weight excluding hydrogens is 607 g/mol. The fourth-order valence-electron chi connectivity index (χ4n) is 4.96. The Balaban J connectivity index is 0.000000167. The summed E-state index contributed by atoms with van der Waals surface area (Å²) in [6.45, 7) is 5.29. The zero-order valence-electron chi connectivity index (χ0n) is 19.5. The maximum Gasteiger partial charge on any atom is 0.0389 e. The van der Waals surface area contributed by atoms with Crippen molar-refractivity contribution < 1.29 is 20.1 Å². The van der Waals surface area contributed by atoms with Crippen LogP contribution in [0.4, 0.5) is 0 Å². The van der Waals surface area contributed by atoms with Crippen molar-refractivity contribution >= 4 is 43.5 Å². The van der Waals surface area contributed by atoms with E-state index >= 15 is 0 Å². The number of fused-ring (bicyclic) bond motifs is 3. The van der Waals surface area contributed by atoms with Crippen molar-refractivity contribution in [3.63, 3.8) is 0 Å². The summed E-state index contributed by atoms with van der Waals surface area (Å²) in [5, 5.41) is 6.33. The van der Waals surface area contributed by atoms with Gasteiger partial charge in [0, 0.05) is 44.6 Å². The molecule has 7 rings (SSSR count). The third-order valence-electron chi connectivity index (χ3n) is 6.36. The van der Waals surface area contributed by atoms with E-state index in [-0.39, 0.29) is 20.1 Å². The van der Waals surface area contributed by atoms with Crippen LogP contribution in [0, 0.1) is 19.1 Å². The first-order valence-corrected chi connectivity index (χ1v) is 11.6. The summed E-state index contributed by atoms with van der Waals surface area (Å²) in [6, 6.07) is 33.4. The molecule has 0 aliphatic rings. The molecule has 0 spiro atoms. The molecule has 0 saturated carbocycles. The Hall–Kier alpha value is -3.59. The average Bonchev–Trinajstić information content (AvgIpc) is 3.23. The molecule has 0 aliphatic carbocycles. The van der Waals surface area contributed by atoms with Gasteiger partial charge in [-0.1, -0.05) is 42.6 Å². The molecule has 0 unspecified atom stereocenters. The molecule has 0 atom stereocenters. The van der Waals surface area contributed by atoms with Gasteiger partial charge in [0.1, 0.15) is 0 Å². The van der Waals surface area contributed by atoms with E-state index in [0.29, 0.717) is 0 Å². The number of hydrogen-bond acceptors (Lipinski definition) is 2. The number of hydrogen-bond donors (Lipinski definition) is 0. The Bertz CT molecular complexity index is 1700. The van der Waals surface area contributed by atoms with Gasteiger partial charge in [-0.3, -0.25) is 0 Å². The van der Waals surface area contributed by atoms with Crippen molar-refractivity contribution in [2.45, 2.75) is 20.4 Å². The molecule has 173 valence electrons. The zero-order valence-corrected chi connectivity index (χ0v) is 21.9. The summed E-state index contributed by atoms with van der Waals surface area (Å²) in [6.07, 6.45) is 3.67. The van der Waals surface area contributed by atoms with E-state index in [4.69, 9.17) is 0 Å². The first-order valence-electron chi connectivity index (χ1n) is 11.6. The average molecular weight is 630 g/mol. The van der Waals surface area contributed by atoms with Gasteiger partial charge in [0.2, 0.25) is 0 Å². The second-order valence-electron chi connectivity index (χ2n) is 8.42. The predicted molar refractivity (Wildman–Crippen MR) is 141 cm³/mol. The minimum absolute atomic E-state index is 0. The Labute approximate surface area is 218 Å². The first kappa shape index (κ1) is 23.2. The van der Waals surface area contributed by atoms with Gasteiger partial charge in [-0.25, -0.2) is 0 Å². The van der Waals surface area contributed by atoms with Gasteiger partial charge in [0.05, 0.1) is 0 Å². The SMILES string of the molecule is CCn1c2cc(C)[c-]c3c4ncccc4c4cccc1c4c32.[Ir].[c-]1ccccc1-c1ccccn1. The molecule has 35 heavy (non-hydrogen) atoms. The van der Waals surface area contributed by atoms with Crippen LogP contribution in [-0.4, -0.2) is 14.5 Å². The summed E-state index contributed by atoms with van der Waals surface area (Å²) in [7, 11) is 0. The normalized spacial score (nSPS) is 11.0. The van der Waals surface area contributed by atoms with Gasteiger partial charge in [0.25, 0.3) is 0 Å². The van der Waals surface area contributed by atoms with Crippen LogP contribution >= 0.6 is 0 Å². The molecule has 3 heterocycles. The van der Waals surface area contributed by atoms with E-state index in [1.165, 1.54) is 38.1 Å². The van der Waals surface area contributed by atoms with Crippen LogP contribution in [0.25, 0.3) is 54.7 Å². The minimum atomic E-state index is 0. The molecule has 0 N–H and O–H groups in total. The Kier molecular flexibility index (Phi) is 6.34. The molecule has 0 saturated heterocycles. The Morgan fingerprint density at radius 2 is 1.63 bits per heavy atom. The summed E-state index contributed by atoms with van der Waals surface area (Å²) >= 11 is 0. The molecule has 0 aliphatic heterocycles. The van der Waals surface area contributed by atoms with E-state index in [1.54, 1.807) is 6.20 Å². The maximum atomic E-state index is 4.67. The molecule has 3 aromatic heterocycles. The monoisotopic (exact) mass is 630 g/mol. The molecular formula is C31H23IrN3-2. The van der Waals surface area contributed by atoms with Crippen molar-refractivity contribution in [3.8, 4) is 11.3 Å². The van der Waals surface area contributed by atoms with E-state index in [0.717, 1.165) is 28.7 Å². The van der Waals surface area contributed by atoms with E-state index in [9.17, 15) is 0 Å². The first-order chi connectivity index (χ1) is 16.8. The minimum Gasteiger partial charge on any atom is -0.359 e. The van der Waals surface area contributed by atoms with E-state index < -0.39 is 0 Å². The van der Waals surface area contributed by atoms with Crippen molar-refractivity contribution in [2.75, 3.05) is 0 Å². The van der Waals surface area contributed by atoms with Crippen molar-refractivity contribution in [2.24, 2.45) is 0 Å². The van der Waals surface area contributed by atoms with Crippen molar-refractivity contribution in [1.29, 1.82) is 0 Å². The smallest absolute Gasteiger partial charge is 0.0389 e. The number of benzene rings is 4. The fourth-order valence-corrected chi connectivity index (χ4v) is 4.96. The summed E-state index contributed by atoms with van der Waals surface area (Å²) in [4.78, 5) is 8.88. The molecule has 3 nitrogen and oxygen atoms in total. The molecule has 7 aromatic rings. The van der Waals surface area contributed by atoms with Crippen LogP contribution in [0.15, 0.2) is 91.3 Å². The number of nitrogens with zero attached hydrogens (tertiary/aromatic N) is 3.